The summed E-state index contributed by atoms with van der Waals surface area (Å²) in [5, 5.41) is 5.41. The lowest BCUT2D eigenvalue weighted by molar-refractivity contribution is 0.255. The summed E-state index contributed by atoms with van der Waals surface area (Å²) in [6.45, 7) is 8.76. The summed E-state index contributed by atoms with van der Waals surface area (Å²) < 4.78 is 5.33. The van der Waals surface area contributed by atoms with Crippen LogP contribution >= 0.6 is 0 Å². The van der Waals surface area contributed by atoms with Gasteiger partial charge in [0.15, 0.2) is 0 Å². The zero-order valence-corrected chi connectivity index (χ0v) is 12.0. The van der Waals surface area contributed by atoms with Crippen LogP contribution in [0.1, 0.15) is 27.7 Å². The summed E-state index contributed by atoms with van der Waals surface area (Å²) in [6, 6.07) is 6.99. The molecule has 104 valence electrons. The standard InChI is InChI=1S/C15H22N2O2/c1-5-19-13-8-6-12(7-9-13)17-14(18)16-11-10-15(2,3)4/h6-11H,5H2,1-4H3,(H2,16,17,18)/b11-10+. The molecule has 0 aromatic heterocycles. The minimum Gasteiger partial charge on any atom is -0.494 e. The second-order valence-electron chi connectivity index (χ2n) is 5.26. The van der Waals surface area contributed by atoms with Crippen molar-refractivity contribution in [3.8, 4) is 5.75 Å². The zero-order valence-electron chi connectivity index (χ0n) is 12.0. The Balaban J connectivity index is 2.46. The van der Waals surface area contributed by atoms with Crippen LogP contribution in [0.3, 0.4) is 0 Å². The predicted octanol–water partition coefficient (Wildman–Crippen LogP) is 3.77. The summed E-state index contributed by atoms with van der Waals surface area (Å²) in [5.41, 5.74) is 0.775. The first-order chi connectivity index (χ1) is 8.90. The molecule has 0 saturated heterocycles. The van der Waals surface area contributed by atoms with Gasteiger partial charge in [-0.15, -0.1) is 0 Å². The molecule has 0 aliphatic carbocycles. The molecule has 19 heavy (non-hydrogen) atoms. The zero-order chi connectivity index (χ0) is 14.3. The fourth-order valence-electron chi connectivity index (χ4n) is 1.34. The minimum atomic E-state index is -0.260. The first-order valence-electron chi connectivity index (χ1n) is 6.39. The molecular weight excluding hydrogens is 240 g/mol. The van der Waals surface area contributed by atoms with Crippen LogP contribution in [-0.2, 0) is 0 Å². The summed E-state index contributed by atoms with van der Waals surface area (Å²) in [5.74, 6) is 0.793. The molecule has 1 aromatic carbocycles. The van der Waals surface area contributed by atoms with Crippen molar-refractivity contribution in [2.45, 2.75) is 27.7 Å². The maximum atomic E-state index is 11.6. The van der Waals surface area contributed by atoms with E-state index >= 15 is 0 Å². The molecule has 2 amide bonds. The van der Waals surface area contributed by atoms with Gasteiger partial charge in [0, 0.05) is 11.9 Å². The maximum Gasteiger partial charge on any atom is 0.323 e. The third-order valence-electron chi connectivity index (χ3n) is 2.22. The molecule has 0 saturated carbocycles. The number of allylic oxidation sites excluding steroid dienone is 1. The number of hydrogen-bond donors (Lipinski definition) is 2. The molecule has 0 aliphatic rings. The molecule has 0 heterocycles. The van der Waals surface area contributed by atoms with E-state index in [1.807, 2.05) is 25.1 Å². The number of urea groups is 1. The van der Waals surface area contributed by atoms with Gasteiger partial charge in [-0.25, -0.2) is 4.79 Å². The van der Waals surface area contributed by atoms with E-state index in [2.05, 4.69) is 31.4 Å². The Morgan fingerprint density at radius 1 is 1.26 bits per heavy atom. The van der Waals surface area contributed by atoms with Crippen LogP contribution in [0.15, 0.2) is 36.5 Å². The van der Waals surface area contributed by atoms with Crippen LogP contribution in [-0.4, -0.2) is 12.6 Å². The highest BCUT2D eigenvalue weighted by Gasteiger charge is 2.04. The summed E-state index contributed by atoms with van der Waals surface area (Å²) in [6.07, 6.45) is 3.59. The Hall–Kier alpha value is -1.97. The number of carbonyl (C=O) groups is 1. The van der Waals surface area contributed by atoms with Crippen molar-refractivity contribution < 1.29 is 9.53 Å². The molecule has 4 heteroatoms. The van der Waals surface area contributed by atoms with Crippen molar-refractivity contribution in [1.82, 2.24) is 5.32 Å². The second-order valence-corrected chi connectivity index (χ2v) is 5.26. The number of ether oxygens (including phenoxy) is 1. The Bertz CT molecular complexity index is 430. The molecular formula is C15H22N2O2. The fourth-order valence-corrected chi connectivity index (χ4v) is 1.34. The quantitative estimate of drug-likeness (QED) is 0.867. The van der Waals surface area contributed by atoms with Gasteiger partial charge in [0.1, 0.15) is 5.75 Å². The van der Waals surface area contributed by atoms with E-state index in [9.17, 15) is 4.79 Å². The number of rotatable bonds is 4. The lowest BCUT2D eigenvalue weighted by Crippen LogP contribution is -2.24. The number of hydrogen-bond acceptors (Lipinski definition) is 2. The summed E-state index contributed by atoms with van der Waals surface area (Å²) >= 11 is 0. The third kappa shape index (κ3) is 6.50. The Morgan fingerprint density at radius 2 is 1.89 bits per heavy atom. The van der Waals surface area contributed by atoms with Crippen LogP contribution in [0.4, 0.5) is 10.5 Å². The average molecular weight is 262 g/mol. The van der Waals surface area contributed by atoms with Crippen molar-refractivity contribution >= 4 is 11.7 Å². The van der Waals surface area contributed by atoms with Crippen molar-refractivity contribution in [2.75, 3.05) is 11.9 Å². The van der Waals surface area contributed by atoms with Crippen LogP contribution in [0.5, 0.6) is 5.75 Å². The molecule has 1 rings (SSSR count). The van der Waals surface area contributed by atoms with Gasteiger partial charge in [0.25, 0.3) is 0 Å². The van der Waals surface area contributed by atoms with Crippen LogP contribution < -0.4 is 15.4 Å². The lowest BCUT2D eigenvalue weighted by atomic mass is 9.97. The topological polar surface area (TPSA) is 50.4 Å². The number of nitrogens with one attached hydrogen (secondary N) is 2. The van der Waals surface area contributed by atoms with E-state index in [0.717, 1.165) is 11.4 Å². The molecule has 0 atom stereocenters. The second kappa shape index (κ2) is 6.83. The maximum absolute atomic E-state index is 11.6. The monoisotopic (exact) mass is 262 g/mol. The summed E-state index contributed by atoms with van der Waals surface area (Å²) in [7, 11) is 0. The van der Waals surface area contributed by atoms with Gasteiger partial charge >= 0.3 is 6.03 Å². The average Bonchev–Trinajstić information content (AvgIpc) is 2.30. The number of amides is 2. The molecule has 0 aliphatic heterocycles. The molecule has 2 N–H and O–H groups in total. The van der Waals surface area contributed by atoms with E-state index in [1.54, 1.807) is 18.3 Å². The highest BCUT2D eigenvalue weighted by atomic mass is 16.5. The van der Waals surface area contributed by atoms with E-state index in [0.29, 0.717) is 6.61 Å². The molecule has 0 radical (unpaired) electrons. The molecule has 0 fully saturated rings. The van der Waals surface area contributed by atoms with Crippen molar-refractivity contribution in [1.29, 1.82) is 0 Å². The van der Waals surface area contributed by atoms with Crippen molar-refractivity contribution in [2.24, 2.45) is 5.41 Å². The van der Waals surface area contributed by atoms with Gasteiger partial charge < -0.3 is 15.4 Å². The molecule has 0 bridgehead atoms. The Kier molecular flexibility index (Phi) is 5.42. The van der Waals surface area contributed by atoms with Crippen LogP contribution in [0.2, 0.25) is 0 Å². The van der Waals surface area contributed by atoms with Crippen molar-refractivity contribution in [3.05, 3.63) is 36.5 Å². The van der Waals surface area contributed by atoms with Gasteiger partial charge in [0.2, 0.25) is 0 Å². The van der Waals surface area contributed by atoms with Gasteiger partial charge in [-0.3, -0.25) is 0 Å². The van der Waals surface area contributed by atoms with E-state index in [1.165, 1.54) is 0 Å². The number of carbonyl (C=O) groups excluding carboxylic acids is 1. The van der Waals surface area contributed by atoms with Gasteiger partial charge in [-0.05, 0) is 36.6 Å². The lowest BCUT2D eigenvalue weighted by Gasteiger charge is -2.11. The first kappa shape index (κ1) is 15.1. The normalized spacial score (nSPS) is 11.4. The highest BCUT2D eigenvalue weighted by molar-refractivity contribution is 5.89. The largest absolute Gasteiger partial charge is 0.494 e. The van der Waals surface area contributed by atoms with Gasteiger partial charge in [-0.2, -0.15) is 0 Å². The third-order valence-corrected chi connectivity index (χ3v) is 2.22. The number of benzene rings is 1. The summed E-state index contributed by atoms with van der Waals surface area (Å²) in [4.78, 5) is 11.6. The smallest absolute Gasteiger partial charge is 0.323 e. The molecule has 0 unspecified atom stereocenters. The van der Waals surface area contributed by atoms with E-state index < -0.39 is 0 Å². The van der Waals surface area contributed by atoms with Gasteiger partial charge in [-0.1, -0.05) is 26.8 Å². The first-order valence-corrected chi connectivity index (χ1v) is 6.39. The fraction of sp³-hybridized carbons (Fsp3) is 0.400. The Labute approximate surface area is 114 Å². The van der Waals surface area contributed by atoms with Crippen molar-refractivity contribution in [3.63, 3.8) is 0 Å². The molecule has 4 nitrogen and oxygen atoms in total. The highest BCUT2D eigenvalue weighted by Crippen LogP contribution is 2.15. The van der Waals surface area contributed by atoms with E-state index in [-0.39, 0.29) is 11.4 Å². The number of anilines is 1. The predicted molar refractivity (Wildman–Crippen MR) is 78.4 cm³/mol. The van der Waals surface area contributed by atoms with Gasteiger partial charge in [0.05, 0.1) is 6.61 Å². The Morgan fingerprint density at radius 3 is 2.42 bits per heavy atom. The molecule has 0 spiro atoms. The molecule has 1 aromatic rings. The van der Waals surface area contributed by atoms with Crippen LogP contribution in [0.25, 0.3) is 0 Å². The minimum absolute atomic E-state index is 0.0480. The van der Waals surface area contributed by atoms with Crippen LogP contribution in [0, 0.1) is 5.41 Å². The SMILES string of the molecule is CCOc1ccc(NC(=O)N/C=C/C(C)(C)C)cc1. The van der Waals surface area contributed by atoms with E-state index in [4.69, 9.17) is 4.74 Å².